The summed E-state index contributed by atoms with van der Waals surface area (Å²) in [5, 5.41) is 32.9. The first-order chi connectivity index (χ1) is 23.6. The Labute approximate surface area is 286 Å². The van der Waals surface area contributed by atoms with E-state index in [4.69, 9.17) is 5.11 Å². The number of aromatic nitrogens is 6. The Balaban J connectivity index is 0.000000177. The van der Waals surface area contributed by atoms with Crippen LogP contribution in [0, 0.1) is 6.92 Å². The van der Waals surface area contributed by atoms with Crippen molar-refractivity contribution in [3.63, 3.8) is 0 Å². The van der Waals surface area contributed by atoms with Crippen LogP contribution in [0.3, 0.4) is 0 Å². The van der Waals surface area contributed by atoms with Gasteiger partial charge in [-0.15, -0.1) is 5.10 Å². The number of rotatable bonds is 6. The van der Waals surface area contributed by atoms with Crippen LogP contribution < -0.4 is 21.8 Å². The molecule has 4 N–H and O–H groups in total. The predicted octanol–water partition coefficient (Wildman–Crippen LogP) is 5.37. The number of carbonyl (C=O) groups is 2. The number of halogens is 1. The van der Waals surface area contributed by atoms with Gasteiger partial charge in [0.1, 0.15) is 4.60 Å². The number of carboxylic acid groups (broad SMARTS) is 1. The highest BCUT2D eigenvalue weighted by Crippen LogP contribution is 2.23. The Morgan fingerprint density at radius 3 is 1.78 bits per heavy atom. The number of hydrogen-bond acceptors (Lipinski definition) is 8. The summed E-state index contributed by atoms with van der Waals surface area (Å²) < 4.78 is 3.12. The zero-order valence-corrected chi connectivity index (χ0v) is 27.6. The third-order valence-electron chi connectivity index (χ3n) is 7.48. The van der Waals surface area contributed by atoms with Crippen molar-refractivity contribution in [3.8, 4) is 11.4 Å². The molecule has 0 aliphatic heterocycles. The predicted molar refractivity (Wildman–Crippen MR) is 189 cm³/mol. The Hall–Kier alpha value is -6.41. The number of aromatic amines is 1. The monoisotopic (exact) mass is 718 g/mol. The molecule has 0 aliphatic rings. The van der Waals surface area contributed by atoms with Gasteiger partial charge in [-0.25, -0.2) is 4.79 Å². The van der Waals surface area contributed by atoms with E-state index in [1.165, 1.54) is 21.5 Å². The number of H-pyrrole nitrogens is 1. The van der Waals surface area contributed by atoms with Crippen molar-refractivity contribution in [1.82, 2.24) is 35.1 Å². The number of hydrogen-bond donors (Lipinski definition) is 4. The molecule has 3 aromatic heterocycles. The number of aryl methyl sites for hydroxylation is 1. The first kappa shape index (κ1) is 32.5. The molecule has 3 heterocycles. The minimum absolute atomic E-state index is 0.159. The lowest BCUT2D eigenvalue weighted by molar-refractivity contribution is 0.0696. The molecule has 0 aliphatic carbocycles. The van der Waals surface area contributed by atoms with Gasteiger partial charge in [0.05, 0.1) is 27.7 Å². The standard InChI is InChI=1S/C20H18N6O2.C15H9BrN2O3/c1-12-11-17(24-23-12)22-18-15-5-3-4-6-16(15)20(28)26(25-18)14-9-7-13(8-10-14)19(27)21-2;16-13-11-3-1-2-4-12(11)14(19)18(17-13)10-7-5-9(6-8-10)15(20)21/h3-11H,1-2H3,(H,21,27)(H2,22,23,24,25);1-8H,(H,20,21). The molecule has 0 unspecified atom stereocenters. The number of carboxylic acids is 1. The van der Waals surface area contributed by atoms with Gasteiger partial charge in [-0.3, -0.25) is 19.5 Å². The Morgan fingerprint density at radius 1 is 0.735 bits per heavy atom. The van der Waals surface area contributed by atoms with Crippen LogP contribution in [0.4, 0.5) is 11.6 Å². The minimum atomic E-state index is -1.01. The summed E-state index contributed by atoms with van der Waals surface area (Å²) in [7, 11) is 1.57. The topological polar surface area (TPSA) is 177 Å². The van der Waals surface area contributed by atoms with Crippen molar-refractivity contribution in [3.05, 3.63) is 145 Å². The lowest BCUT2D eigenvalue weighted by Gasteiger charge is -2.12. The maximum atomic E-state index is 13.0. The van der Waals surface area contributed by atoms with Crippen molar-refractivity contribution in [2.45, 2.75) is 6.92 Å². The maximum Gasteiger partial charge on any atom is 0.335 e. The fourth-order valence-electron chi connectivity index (χ4n) is 5.03. The number of benzene rings is 4. The van der Waals surface area contributed by atoms with E-state index < -0.39 is 5.97 Å². The zero-order valence-electron chi connectivity index (χ0n) is 26.0. The van der Waals surface area contributed by atoms with Crippen LogP contribution in [0.15, 0.2) is 117 Å². The third kappa shape index (κ3) is 6.71. The second kappa shape index (κ2) is 13.8. The van der Waals surface area contributed by atoms with Crippen LogP contribution >= 0.6 is 15.9 Å². The van der Waals surface area contributed by atoms with Gasteiger partial charge in [-0.05, 0) is 83.5 Å². The molecule has 7 rings (SSSR count). The van der Waals surface area contributed by atoms with Crippen molar-refractivity contribution < 1.29 is 14.7 Å². The highest BCUT2D eigenvalue weighted by atomic mass is 79.9. The number of nitrogens with one attached hydrogen (secondary N) is 3. The molecule has 0 atom stereocenters. The number of fused-ring (bicyclic) bond motifs is 2. The van der Waals surface area contributed by atoms with Crippen molar-refractivity contribution in [2.24, 2.45) is 0 Å². The molecule has 0 saturated heterocycles. The highest BCUT2D eigenvalue weighted by Gasteiger charge is 2.14. The van der Waals surface area contributed by atoms with Crippen LogP contribution in [0.25, 0.3) is 32.9 Å². The molecule has 0 saturated carbocycles. The maximum absolute atomic E-state index is 13.0. The average Bonchev–Trinajstić information content (AvgIpc) is 3.55. The molecule has 0 radical (unpaired) electrons. The second-order valence-electron chi connectivity index (χ2n) is 10.7. The quantitative estimate of drug-likeness (QED) is 0.176. The van der Waals surface area contributed by atoms with E-state index in [1.54, 1.807) is 61.6 Å². The summed E-state index contributed by atoms with van der Waals surface area (Å²) in [6.07, 6.45) is 0. The molecule has 1 amide bonds. The van der Waals surface area contributed by atoms with E-state index in [0.29, 0.717) is 49.3 Å². The van der Waals surface area contributed by atoms with Crippen LogP contribution in [-0.2, 0) is 0 Å². The first-order valence-corrected chi connectivity index (χ1v) is 15.6. The van der Waals surface area contributed by atoms with E-state index in [2.05, 4.69) is 47.0 Å². The van der Waals surface area contributed by atoms with Crippen molar-refractivity contribution in [1.29, 1.82) is 0 Å². The van der Waals surface area contributed by atoms with E-state index >= 15 is 0 Å². The van der Waals surface area contributed by atoms with Crippen molar-refractivity contribution in [2.75, 3.05) is 12.4 Å². The summed E-state index contributed by atoms with van der Waals surface area (Å²) in [6, 6.07) is 29.0. The van der Waals surface area contributed by atoms with Gasteiger partial charge < -0.3 is 15.7 Å². The summed E-state index contributed by atoms with van der Waals surface area (Å²) in [4.78, 5) is 48.0. The van der Waals surface area contributed by atoms with Crippen molar-refractivity contribution >= 4 is 61.0 Å². The number of aromatic carboxylic acids is 1. The smallest absolute Gasteiger partial charge is 0.335 e. The van der Waals surface area contributed by atoms with Crippen LogP contribution in [0.5, 0.6) is 0 Å². The van der Waals surface area contributed by atoms with Crippen LogP contribution in [-0.4, -0.2) is 53.8 Å². The molecule has 0 bridgehead atoms. The number of carbonyl (C=O) groups excluding carboxylic acids is 1. The Kier molecular flexibility index (Phi) is 9.13. The molecule has 0 spiro atoms. The molecule has 244 valence electrons. The summed E-state index contributed by atoms with van der Waals surface area (Å²) in [5.74, 6) is -0.0874. The molecule has 14 heteroatoms. The van der Waals surface area contributed by atoms with E-state index in [1.807, 2.05) is 43.3 Å². The molecule has 49 heavy (non-hydrogen) atoms. The number of anilines is 2. The number of nitrogens with zero attached hydrogens (tertiary/aromatic N) is 5. The average molecular weight is 720 g/mol. The molecule has 7 aromatic rings. The summed E-state index contributed by atoms with van der Waals surface area (Å²) >= 11 is 3.35. The summed E-state index contributed by atoms with van der Waals surface area (Å²) in [6.45, 7) is 1.90. The first-order valence-electron chi connectivity index (χ1n) is 14.8. The Bertz CT molecular complexity index is 2470. The van der Waals surface area contributed by atoms with Gasteiger partial charge in [-0.2, -0.15) is 19.6 Å². The minimum Gasteiger partial charge on any atom is -0.478 e. The largest absolute Gasteiger partial charge is 0.478 e. The lowest BCUT2D eigenvalue weighted by Crippen LogP contribution is -2.23. The van der Waals surface area contributed by atoms with Crippen LogP contribution in [0.2, 0.25) is 0 Å². The van der Waals surface area contributed by atoms with E-state index in [9.17, 15) is 19.2 Å². The van der Waals surface area contributed by atoms with E-state index in [-0.39, 0.29) is 22.6 Å². The third-order valence-corrected chi connectivity index (χ3v) is 8.06. The molecular formula is C35H27BrN8O5. The van der Waals surface area contributed by atoms with Crippen LogP contribution in [0.1, 0.15) is 26.4 Å². The number of amides is 1. The highest BCUT2D eigenvalue weighted by molar-refractivity contribution is 9.10. The van der Waals surface area contributed by atoms with Gasteiger partial charge in [-0.1, -0.05) is 36.4 Å². The fraction of sp³-hybridized carbons (Fsp3) is 0.0571. The van der Waals surface area contributed by atoms with Gasteiger partial charge in [0.25, 0.3) is 17.0 Å². The van der Waals surface area contributed by atoms with Gasteiger partial charge in [0, 0.05) is 35.1 Å². The molecular weight excluding hydrogens is 692 g/mol. The normalized spacial score (nSPS) is 10.8. The zero-order chi connectivity index (χ0) is 34.7. The van der Waals surface area contributed by atoms with Gasteiger partial charge in [0.15, 0.2) is 11.6 Å². The molecule has 13 nitrogen and oxygen atoms in total. The van der Waals surface area contributed by atoms with Gasteiger partial charge >= 0.3 is 5.97 Å². The van der Waals surface area contributed by atoms with Gasteiger partial charge in [0.2, 0.25) is 0 Å². The molecule has 0 fully saturated rings. The SMILES string of the molecule is CNC(=O)c1ccc(-n2nc(Nc3cc(C)[nH]n3)c3ccccc3c2=O)cc1.O=C(O)c1ccc(-n2nc(Br)c3ccccc3c2=O)cc1. The molecule has 4 aromatic carbocycles. The summed E-state index contributed by atoms with van der Waals surface area (Å²) in [5.41, 5.74) is 2.15. The Morgan fingerprint density at radius 2 is 1.24 bits per heavy atom. The van der Waals surface area contributed by atoms with E-state index in [0.717, 1.165) is 11.1 Å². The lowest BCUT2D eigenvalue weighted by atomic mass is 10.1. The fourth-order valence-corrected chi connectivity index (χ4v) is 5.53. The second-order valence-corrected chi connectivity index (χ2v) is 11.5.